The minimum absolute atomic E-state index is 0.402. The lowest BCUT2D eigenvalue weighted by atomic mass is 10.0. The van der Waals surface area contributed by atoms with E-state index >= 15 is 0 Å². The van der Waals surface area contributed by atoms with Crippen LogP contribution in [0.3, 0.4) is 0 Å². The van der Waals surface area contributed by atoms with E-state index in [0.717, 1.165) is 11.4 Å². The monoisotopic (exact) mass is 258 g/mol. The summed E-state index contributed by atoms with van der Waals surface area (Å²) < 4.78 is 0. The van der Waals surface area contributed by atoms with Gasteiger partial charge < -0.3 is 10.2 Å². The summed E-state index contributed by atoms with van der Waals surface area (Å²) in [5.41, 5.74) is 4.10. The summed E-state index contributed by atoms with van der Waals surface area (Å²) >= 11 is 0. The average Bonchev–Trinajstić information content (AvgIpc) is 2.69. The van der Waals surface area contributed by atoms with Crippen LogP contribution in [-0.2, 0) is 9.63 Å². The third-order valence-corrected chi connectivity index (χ3v) is 3.12. The summed E-state index contributed by atoms with van der Waals surface area (Å²) in [7, 11) is 0. The summed E-state index contributed by atoms with van der Waals surface area (Å²) in [5, 5.41) is 6.88. The Kier molecular flexibility index (Phi) is 3.69. The number of carbonyl (C=O) groups excluding carboxylic acids is 1. The summed E-state index contributed by atoms with van der Waals surface area (Å²) in [6.45, 7) is 7.92. The molecule has 0 unspecified atom stereocenters. The maximum Gasteiger partial charge on any atom is 0.369 e. The molecule has 0 bridgehead atoms. The van der Waals surface area contributed by atoms with Crippen molar-refractivity contribution in [2.45, 2.75) is 33.6 Å². The molecule has 0 spiro atoms. The molecule has 0 saturated carbocycles. The normalized spacial score (nSPS) is 17.3. The molecule has 1 aliphatic rings. The van der Waals surface area contributed by atoms with Gasteiger partial charge in [0.2, 0.25) is 0 Å². The Labute approximate surface area is 113 Å². The topological polar surface area (TPSA) is 50.7 Å². The van der Waals surface area contributed by atoms with Crippen LogP contribution in [0.25, 0.3) is 0 Å². The van der Waals surface area contributed by atoms with E-state index in [2.05, 4.69) is 41.3 Å². The molecule has 4 heteroatoms. The second-order valence-corrected chi connectivity index (χ2v) is 4.96. The highest BCUT2D eigenvalue weighted by atomic mass is 16.7. The molecular weight excluding hydrogens is 240 g/mol. The fourth-order valence-electron chi connectivity index (χ4n) is 2.00. The van der Waals surface area contributed by atoms with Crippen molar-refractivity contribution < 1.29 is 9.63 Å². The van der Waals surface area contributed by atoms with E-state index in [-0.39, 0.29) is 0 Å². The maximum absolute atomic E-state index is 11.5. The van der Waals surface area contributed by atoms with E-state index in [0.29, 0.717) is 17.2 Å². The number of hydrogen-bond acceptors (Lipinski definition) is 4. The van der Waals surface area contributed by atoms with Crippen LogP contribution in [0.2, 0.25) is 0 Å². The van der Waals surface area contributed by atoms with E-state index < -0.39 is 5.97 Å². The number of nitrogens with one attached hydrogen (secondary N) is 1. The highest BCUT2D eigenvalue weighted by Gasteiger charge is 2.24. The lowest BCUT2D eigenvalue weighted by Crippen LogP contribution is -2.10. The van der Waals surface area contributed by atoms with Gasteiger partial charge in [-0.2, -0.15) is 0 Å². The number of rotatable bonds is 3. The smallest absolute Gasteiger partial charge is 0.358 e. The van der Waals surface area contributed by atoms with Crippen molar-refractivity contribution in [3.8, 4) is 0 Å². The molecule has 1 N–H and O–H groups in total. The third-order valence-electron chi connectivity index (χ3n) is 3.12. The van der Waals surface area contributed by atoms with Crippen molar-refractivity contribution in [3.05, 3.63) is 41.1 Å². The number of benzene rings is 1. The van der Waals surface area contributed by atoms with E-state index in [9.17, 15) is 4.79 Å². The molecule has 0 radical (unpaired) electrons. The van der Waals surface area contributed by atoms with Crippen LogP contribution in [0.5, 0.6) is 0 Å². The van der Waals surface area contributed by atoms with E-state index in [1.807, 2.05) is 19.1 Å². The summed E-state index contributed by atoms with van der Waals surface area (Å²) in [4.78, 5) is 16.2. The van der Waals surface area contributed by atoms with Crippen molar-refractivity contribution >= 4 is 17.4 Å². The molecule has 2 rings (SSSR count). The number of anilines is 1. The first-order valence-corrected chi connectivity index (χ1v) is 6.33. The first-order valence-electron chi connectivity index (χ1n) is 6.33. The number of oxime groups is 1. The summed E-state index contributed by atoms with van der Waals surface area (Å²) in [6.07, 6.45) is 0. The molecule has 1 aromatic carbocycles. The van der Waals surface area contributed by atoms with Gasteiger partial charge in [0, 0.05) is 11.4 Å². The number of carbonyl (C=O) groups is 1. The number of allylic oxidation sites excluding steroid dienone is 1. The molecule has 4 nitrogen and oxygen atoms in total. The molecule has 1 aromatic rings. The molecule has 0 atom stereocenters. The molecule has 0 saturated heterocycles. The van der Waals surface area contributed by atoms with E-state index in [1.54, 1.807) is 6.92 Å². The molecular formula is C15H18N2O2. The Bertz CT molecular complexity index is 554. The Morgan fingerprint density at radius 1 is 1.26 bits per heavy atom. The van der Waals surface area contributed by atoms with Gasteiger partial charge in [-0.15, -0.1) is 0 Å². The highest BCUT2D eigenvalue weighted by Crippen LogP contribution is 2.21. The molecule has 0 aromatic heterocycles. The van der Waals surface area contributed by atoms with Crippen molar-refractivity contribution in [3.63, 3.8) is 0 Å². The van der Waals surface area contributed by atoms with Crippen LogP contribution in [0, 0.1) is 0 Å². The Hall–Kier alpha value is -2.10. The summed E-state index contributed by atoms with van der Waals surface area (Å²) in [6, 6.07) is 8.18. The third kappa shape index (κ3) is 2.84. The second kappa shape index (κ2) is 5.26. The van der Waals surface area contributed by atoms with Gasteiger partial charge in [0.1, 0.15) is 5.57 Å². The van der Waals surface area contributed by atoms with Gasteiger partial charge >= 0.3 is 5.97 Å². The van der Waals surface area contributed by atoms with Crippen molar-refractivity contribution in [2.75, 3.05) is 5.32 Å². The molecule has 1 heterocycles. The quantitative estimate of drug-likeness (QED) is 0.667. The van der Waals surface area contributed by atoms with Gasteiger partial charge in [0.05, 0.1) is 5.71 Å². The lowest BCUT2D eigenvalue weighted by molar-refractivity contribution is -0.136. The van der Waals surface area contributed by atoms with Gasteiger partial charge in [-0.05, 0) is 37.5 Å². The zero-order valence-corrected chi connectivity index (χ0v) is 11.7. The largest absolute Gasteiger partial charge is 0.369 e. The Morgan fingerprint density at radius 2 is 1.89 bits per heavy atom. The van der Waals surface area contributed by atoms with Gasteiger partial charge in [0.25, 0.3) is 0 Å². The van der Waals surface area contributed by atoms with Gasteiger partial charge in [-0.3, -0.25) is 0 Å². The van der Waals surface area contributed by atoms with Crippen LogP contribution in [0.4, 0.5) is 5.69 Å². The average molecular weight is 258 g/mol. The van der Waals surface area contributed by atoms with E-state index in [1.165, 1.54) is 5.56 Å². The van der Waals surface area contributed by atoms with Crippen molar-refractivity contribution in [2.24, 2.45) is 5.16 Å². The minimum Gasteiger partial charge on any atom is -0.358 e. The van der Waals surface area contributed by atoms with Crippen LogP contribution in [0.15, 0.2) is 40.7 Å². The van der Waals surface area contributed by atoms with Gasteiger partial charge in [-0.25, -0.2) is 4.79 Å². The predicted molar refractivity (Wildman–Crippen MR) is 76.1 cm³/mol. The van der Waals surface area contributed by atoms with Gasteiger partial charge in [-0.1, -0.05) is 31.1 Å². The lowest BCUT2D eigenvalue weighted by Gasteiger charge is -2.10. The minimum atomic E-state index is -0.402. The standard InChI is InChI=1S/C15H18N2O2/c1-9(2)12-5-7-13(8-6-12)16-10(3)14-11(4)17-19-15(14)18/h5-9,16H,1-4H3. The predicted octanol–water partition coefficient (Wildman–Crippen LogP) is 3.43. The number of hydrogen-bond donors (Lipinski definition) is 1. The molecule has 100 valence electrons. The van der Waals surface area contributed by atoms with Crippen LogP contribution >= 0.6 is 0 Å². The summed E-state index contributed by atoms with van der Waals surface area (Å²) in [5.74, 6) is 0.106. The SMILES string of the molecule is CC1=NOC(=O)C1=C(C)Nc1ccc(C(C)C)cc1. The zero-order valence-electron chi connectivity index (χ0n) is 11.7. The highest BCUT2D eigenvalue weighted by molar-refractivity contribution is 6.22. The van der Waals surface area contributed by atoms with Crippen LogP contribution in [-0.4, -0.2) is 11.7 Å². The molecule has 19 heavy (non-hydrogen) atoms. The van der Waals surface area contributed by atoms with Crippen LogP contribution < -0.4 is 5.32 Å². The molecule has 0 amide bonds. The van der Waals surface area contributed by atoms with Gasteiger partial charge in [0.15, 0.2) is 0 Å². The van der Waals surface area contributed by atoms with Crippen LogP contribution in [0.1, 0.15) is 39.2 Å². The van der Waals surface area contributed by atoms with Crippen molar-refractivity contribution in [1.82, 2.24) is 0 Å². The van der Waals surface area contributed by atoms with E-state index in [4.69, 9.17) is 0 Å². The fraction of sp³-hybridized carbons (Fsp3) is 0.333. The number of nitrogens with zero attached hydrogens (tertiary/aromatic N) is 1. The molecule has 0 aliphatic carbocycles. The second-order valence-electron chi connectivity index (χ2n) is 4.96. The zero-order chi connectivity index (χ0) is 14.0. The molecule has 1 aliphatic heterocycles. The first-order chi connectivity index (χ1) is 8.99. The first kappa shape index (κ1) is 13.3. The Balaban J connectivity index is 2.19. The molecule has 0 fully saturated rings. The Morgan fingerprint density at radius 3 is 2.37 bits per heavy atom. The van der Waals surface area contributed by atoms with Crippen molar-refractivity contribution in [1.29, 1.82) is 0 Å². The fourth-order valence-corrected chi connectivity index (χ4v) is 2.00. The maximum atomic E-state index is 11.5.